The molecule has 4 heteroatoms. The highest BCUT2D eigenvalue weighted by molar-refractivity contribution is 5.22. The third kappa shape index (κ3) is 1.83. The van der Waals surface area contributed by atoms with Gasteiger partial charge in [0.15, 0.2) is 0 Å². The highest BCUT2D eigenvalue weighted by Crippen LogP contribution is 2.40. The molecule has 0 saturated heterocycles. The van der Waals surface area contributed by atoms with Gasteiger partial charge < -0.3 is 10.5 Å². The second-order valence-corrected chi connectivity index (χ2v) is 3.44. The first-order chi connectivity index (χ1) is 6.31. The zero-order chi connectivity index (χ0) is 9.26. The summed E-state index contributed by atoms with van der Waals surface area (Å²) in [4.78, 5) is 0. The molecule has 2 N–H and O–H groups in total. The van der Waals surface area contributed by atoms with Crippen molar-refractivity contribution in [3.8, 4) is 5.88 Å². The van der Waals surface area contributed by atoms with Gasteiger partial charge >= 0.3 is 0 Å². The van der Waals surface area contributed by atoms with E-state index in [1.807, 2.05) is 13.1 Å². The van der Waals surface area contributed by atoms with Crippen molar-refractivity contribution in [1.82, 2.24) is 9.78 Å². The van der Waals surface area contributed by atoms with Gasteiger partial charge in [-0.2, -0.15) is 5.10 Å². The molecule has 1 heterocycles. The van der Waals surface area contributed by atoms with Crippen molar-refractivity contribution in [3.63, 3.8) is 0 Å². The average Bonchev–Trinajstić information content (AvgIpc) is 2.89. The van der Waals surface area contributed by atoms with Crippen molar-refractivity contribution >= 4 is 0 Å². The number of aromatic nitrogens is 2. The fourth-order valence-electron chi connectivity index (χ4n) is 1.35. The van der Waals surface area contributed by atoms with E-state index in [0.29, 0.717) is 19.1 Å². The Bertz CT molecular complexity index is 291. The normalized spacial score (nSPS) is 16.2. The summed E-state index contributed by atoms with van der Waals surface area (Å²) >= 11 is 0. The Balaban J connectivity index is 2.06. The first-order valence-corrected chi connectivity index (χ1v) is 4.68. The largest absolute Gasteiger partial charge is 0.476 e. The van der Waals surface area contributed by atoms with Gasteiger partial charge in [-0.05, 0) is 12.8 Å². The Morgan fingerprint density at radius 3 is 3.08 bits per heavy atom. The predicted octanol–water partition coefficient (Wildman–Crippen LogP) is 0.635. The fourth-order valence-corrected chi connectivity index (χ4v) is 1.35. The van der Waals surface area contributed by atoms with Gasteiger partial charge in [-0.25, -0.2) is 4.68 Å². The van der Waals surface area contributed by atoms with E-state index in [-0.39, 0.29) is 0 Å². The van der Waals surface area contributed by atoms with Gasteiger partial charge in [-0.15, -0.1) is 0 Å². The maximum absolute atomic E-state index is 5.42. The van der Waals surface area contributed by atoms with Crippen molar-refractivity contribution in [2.24, 2.45) is 12.8 Å². The predicted molar refractivity (Wildman–Crippen MR) is 49.7 cm³/mol. The lowest BCUT2D eigenvalue weighted by molar-refractivity contribution is 0.299. The van der Waals surface area contributed by atoms with Crippen molar-refractivity contribution < 1.29 is 4.74 Å². The molecule has 72 valence electrons. The fraction of sp³-hybridized carbons (Fsp3) is 0.667. The van der Waals surface area contributed by atoms with Gasteiger partial charge in [-0.3, -0.25) is 0 Å². The van der Waals surface area contributed by atoms with Crippen LogP contribution >= 0.6 is 0 Å². The number of hydrogen-bond acceptors (Lipinski definition) is 3. The maximum atomic E-state index is 5.42. The minimum absolute atomic E-state index is 0.546. The average molecular weight is 181 g/mol. The van der Waals surface area contributed by atoms with Crippen LogP contribution in [0.2, 0.25) is 0 Å². The summed E-state index contributed by atoms with van der Waals surface area (Å²) in [6.45, 7) is 1.10. The van der Waals surface area contributed by atoms with Crippen LogP contribution in [0.3, 0.4) is 0 Å². The molecule has 4 nitrogen and oxygen atoms in total. The smallest absolute Gasteiger partial charge is 0.211 e. The molecule has 0 spiro atoms. The van der Waals surface area contributed by atoms with E-state index >= 15 is 0 Å². The third-order valence-electron chi connectivity index (χ3n) is 2.22. The highest BCUT2D eigenvalue weighted by Gasteiger charge is 2.27. The molecule has 0 aromatic carbocycles. The van der Waals surface area contributed by atoms with Crippen molar-refractivity contribution in [2.75, 3.05) is 13.2 Å². The van der Waals surface area contributed by atoms with Crippen LogP contribution in [0.5, 0.6) is 5.88 Å². The first-order valence-electron chi connectivity index (χ1n) is 4.68. The van der Waals surface area contributed by atoms with Crippen LogP contribution in [0.15, 0.2) is 6.07 Å². The summed E-state index contributed by atoms with van der Waals surface area (Å²) in [6.07, 6.45) is 2.54. The lowest BCUT2D eigenvalue weighted by atomic mass is 10.3. The molecule has 0 amide bonds. The van der Waals surface area contributed by atoms with E-state index in [4.69, 9.17) is 10.5 Å². The van der Waals surface area contributed by atoms with Gasteiger partial charge in [-0.1, -0.05) is 0 Å². The number of nitrogens with two attached hydrogens (primary N) is 1. The van der Waals surface area contributed by atoms with Gasteiger partial charge in [0, 0.05) is 25.6 Å². The molecule has 0 atom stereocenters. The van der Waals surface area contributed by atoms with E-state index in [0.717, 1.165) is 11.6 Å². The van der Waals surface area contributed by atoms with Crippen LogP contribution in [0, 0.1) is 0 Å². The summed E-state index contributed by atoms with van der Waals surface area (Å²) < 4.78 is 7.20. The van der Waals surface area contributed by atoms with Crippen LogP contribution in [0.25, 0.3) is 0 Å². The topological polar surface area (TPSA) is 53.1 Å². The number of aryl methyl sites for hydroxylation is 1. The quantitative estimate of drug-likeness (QED) is 0.741. The van der Waals surface area contributed by atoms with Crippen molar-refractivity contribution in [3.05, 3.63) is 11.8 Å². The zero-order valence-electron chi connectivity index (χ0n) is 7.86. The van der Waals surface area contributed by atoms with E-state index in [1.165, 1.54) is 12.8 Å². The zero-order valence-corrected chi connectivity index (χ0v) is 7.86. The van der Waals surface area contributed by atoms with Crippen molar-refractivity contribution in [1.29, 1.82) is 0 Å². The second kappa shape index (κ2) is 3.38. The summed E-state index contributed by atoms with van der Waals surface area (Å²) in [5, 5.41) is 4.38. The van der Waals surface area contributed by atoms with E-state index in [2.05, 4.69) is 5.10 Å². The van der Waals surface area contributed by atoms with Crippen molar-refractivity contribution in [2.45, 2.75) is 18.8 Å². The lowest BCUT2D eigenvalue weighted by Gasteiger charge is -2.02. The summed E-state index contributed by atoms with van der Waals surface area (Å²) in [5.41, 5.74) is 6.51. The lowest BCUT2D eigenvalue weighted by Crippen LogP contribution is -2.12. The van der Waals surface area contributed by atoms with Crippen LogP contribution in [0.4, 0.5) is 0 Å². The molecule has 1 saturated carbocycles. The Labute approximate surface area is 77.7 Å². The molecular weight excluding hydrogens is 166 g/mol. The molecule has 1 fully saturated rings. The summed E-state index contributed by atoms with van der Waals surface area (Å²) in [5.74, 6) is 1.51. The molecule has 0 radical (unpaired) electrons. The van der Waals surface area contributed by atoms with Gasteiger partial charge in [0.25, 0.3) is 0 Å². The number of rotatable bonds is 4. The first kappa shape index (κ1) is 8.56. The molecule has 0 bridgehead atoms. The Morgan fingerprint density at radius 1 is 1.69 bits per heavy atom. The standard InChI is InChI=1S/C9H15N3O/c1-12-9(13-5-4-10)6-8(11-12)7-2-3-7/h6-7H,2-5,10H2,1H3. The van der Waals surface area contributed by atoms with Crippen LogP contribution in [0.1, 0.15) is 24.5 Å². The van der Waals surface area contributed by atoms with Crippen LogP contribution in [-0.4, -0.2) is 22.9 Å². The highest BCUT2D eigenvalue weighted by atomic mass is 16.5. The van der Waals surface area contributed by atoms with Gasteiger partial charge in [0.2, 0.25) is 5.88 Å². The minimum Gasteiger partial charge on any atom is -0.476 e. The molecule has 0 unspecified atom stereocenters. The van der Waals surface area contributed by atoms with E-state index < -0.39 is 0 Å². The Kier molecular flexibility index (Phi) is 2.22. The third-order valence-corrected chi connectivity index (χ3v) is 2.22. The molecule has 1 aromatic rings. The number of nitrogens with zero attached hydrogens (tertiary/aromatic N) is 2. The molecule has 1 aliphatic rings. The minimum atomic E-state index is 0.546. The monoisotopic (exact) mass is 181 g/mol. The van der Waals surface area contributed by atoms with Gasteiger partial charge in [0.1, 0.15) is 6.61 Å². The SMILES string of the molecule is Cn1nc(C2CC2)cc1OCCN. The summed E-state index contributed by atoms with van der Waals surface area (Å²) in [6, 6.07) is 2.02. The van der Waals surface area contributed by atoms with Gasteiger partial charge in [0.05, 0.1) is 5.69 Å². The van der Waals surface area contributed by atoms with Crippen LogP contribution < -0.4 is 10.5 Å². The van der Waals surface area contributed by atoms with Crippen LogP contribution in [-0.2, 0) is 7.05 Å². The summed E-state index contributed by atoms with van der Waals surface area (Å²) in [7, 11) is 1.90. The maximum Gasteiger partial charge on any atom is 0.211 e. The molecule has 1 aromatic heterocycles. The van der Waals surface area contributed by atoms with E-state index in [1.54, 1.807) is 4.68 Å². The Hall–Kier alpha value is -1.03. The molecule has 2 rings (SSSR count). The van der Waals surface area contributed by atoms with E-state index in [9.17, 15) is 0 Å². The second-order valence-electron chi connectivity index (χ2n) is 3.44. The molecule has 1 aliphatic carbocycles. The molecule has 0 aliphatic heterocycles. The molecular formula is C9H15N3O. The molecule has 13 heavy (non-hydrogen) atoms. The number of ether oxygens (including phenoxy) is 1. The Morgan fingerprint density at radius 2 is 2.46 bits per heavy atom. The number of hydrogen-bond donors (Lipinski definition) is 1.